The summed E-state index contributed by atoms with van der Waals surface area (Å²) >= 11 is 6.97. The number of rotatable bonds is 3. The van der Waals surface area contributed by atoms with Crippen molar-refractivity contribution in [3.05, 3.63) is 33.8 Å². The van der Waals surface area contributed by atoms with Crippen LogP contribution >= 0.6 is 31.9 Å². The fourth-order valence-electron chi connectivity index (χ4n) is 2.24. The number of halogens is 2. The third kappa shape index (κ3) is 3.99. The molecule has 21 heavy (non-hydrogen) atoms. The summed E-state index contributed by atoms with van der Waals surface area (Å²) < 4.78 is 11.7. The van der Waals surface area contributed by atoms with Gasteiger partial charge in [-0.3, -0.25) is 0 Å². The molecule has 1 N–H and O–H groups in total. The average Bonchev–Trinajstić information content (AvgIpc) is 2.32. The zero-order chi connectivity index (χ0) is 15.7. The molecule has 2 rings (SSSR count). The van der Waals surface area contributed by atoms with Crippen molar-refractivity contribution in [1.82, 2.24) is 5.32 Å². The molecule has 1 aliphatic rings. The zero-order valence-corrected chi connectivity index (χ0v) is 15.5. The maximum atomic E-state index is 12.1. The lowest BCUT2D eigenvalue weighted by Crippen LogP contribution is -2.60. The van der Waals surface area contributed by atoms with Crippen LogP contribution in [-0.4, -0.2) is 24.9 Å². The monoisotopic (exact) mass is 419 g/mol. The molecule has 116 valence electrons. The molecule has 1 aromatic carbocycles. The van der Waals surface area contributed by atoms with Crippen LogP contribution in [0.3, 0.4) is 0 Å². The van der Waals surface area contributed by atoms with Crippen LogP contribution in [-0.2, 0) is 20.3 Å². The van der Waals surface area contributed by atoms with Gasteiger partial charge in [-0.05, 0) is 44.0 Å². The molecule has 4 nitrogen and oxygen atoms in total. The standard InChI is InChI=1S/C15H19Br2NO3/c1-14(2,3)21-13(19)18-15(8-20-9-15)12-5-4-11(17)6-10(12)7-16/h4-6H,7-9H2,1-3H3,(H,18,19). The fraction of sp³-hybridized carbons (Fsp3) is 0.533. The lowest BCUT2D eigenvalue weighted by molar-refractivity contribution is -0.0800. The van der Waals surface area contributed by atoms with Gasteiger partial charge in [-0.15, -0.1) is 0 Å². The number of benzene rings is 1. The lowest BCUT2D eigenvalue weighted by Gasteiger charge is -2.43. The maximum absolute atomic E-state index is 12.1. The van der Waals surface area contributed by atoms with Crippen LogP contribution in [0.2, 0.25) is 0 Å². The molecule has 0 aromatic heterocycles. The molecule has 1 fully saturated rings. The zero-order valence-electron chi connectivity index (χ0n) is 12.3. The summed E-state index contributed by atoms with van der Waals surface area (Å²) in [7, 11) is 0. The number of hydrogen-bond donors (Lipinski definition) is 1. The quantitative estimate of drug-likeness (QED) is 0.749. The molecule has 0 saturated carbocycles. The molecule has 0 spiro atoms. The van der Waals surface area contributed by atoms with E-state index >= 15 is 0 Å². The van der Waals surface area contributed by atoms with Crippen LogP contribution in [0.25, 0.3) is 0 Å². The molecule has 0 atom stereocenters. The molecule has 0 unspecified atom stereocenters. The van der Waals surface area contributed by atoms with Crippen molar-refractivity contribution in [3.8, 4) is 0 Å². The van der Waals surface area contributed by atoms with Crippen LogP contribution < -0.4 is 5.32 Å². The van der Waals surface area contributed by atoms with Crippen molar-refractivity contribution in [2.75, 3.05) is 13.2 Å². The van der Waals surface area contributed by atoms with Gasteiger partial charge in [-0.2, -0.15) is 0 Å². The van der Waals surface area contributed by atoms with E-state index in [2.05, 4.69) is 37.2 Å². The number of carbonyl (C=O) groups is 1. The van der Waals surface area contributed by atoms with Crippen molar-refractivity contribution in [3.63, 3.8) is 0 Å². The Morgan fingerprint density at radius 1 is 1.43 bits per heavy atom. The van der Waals surface area contributed by atoms with Gasteiger partial charge in [0.1, 0.15) is 11.1 Å². The highest BCUT2D eigenvalue weighted by Crippen LogP contribution is 2.34. The molecule has 1 aromatic rings. The SMILES string of the molecule is CC(C)(C)OC(=O)NC1(c2ccc(Br)cc2CBr)COC1. The Hall–Kier alpha value is -0.590. The van der Waals surface area contributed by atoms with Crippen molar-refractivity contribution >= 4 is 38.0 Å². The first kappa shape index (κ1) is 16.8. The summed E-state index contributed by atoms with van der Waals surface area (Å²) in [6, 6.07) is 6.03. The third-order valence-electron chi connectivity index (χ3n) is 3.16. The Kier molecular flexibility index (Phi) is 5.00. The van der Waals surface area contributed by atoms with E-state index in [4.69, 9.17) is 9.47 Å². The molecule has 6 heteroatoms. The topological polar surface area (TPSA) is 47.6 Å². The number of carbonyl (C=O) groups excluding carboxylic acids is 1. The molecule has 0 bridgehead atoms. The first-order valence-corrected chi connectivity index (χ1v) is 8.61. The molecule has 0 radical (unpaired) electrons. The smallest absolute Gasteiger partial charge is 0.408 e. The van der Waals surface area contributed by atoms with Gasteiger partial charge in [0.05, 0.1) is 13.2 Å². The van der Waals surface area contributed by atoms with Crippen molar-refractivity contribution in [1.29, 1.82) is 0 Å². The first-order chi connectivity index (χ1) is 9.76. The van der Waals surface area contributed by atoms with Gasteiger partial charge in [0.2, 0.25) is 0 Å². The number of ether oxygens (including phenoxy) is 2. The molecule has 1 aliphatic heterocycles. The van der Waals surface area contributed by atoms with Crippen molar-refractivity contribution < 1.29 is 14.3 Å². The van der Waals surface area contributed by atoms with Gasteiger partial charge in [0.25, 0.3) is 0 Å². The van der Waals surface area contributed by atoms with Gasteiger partial charge in [0.15, 0.2) is 0 Å². The van der Waals surface area contributed by atoms with E-state index in [1.54, 1.807) is 0 Å². The molecule has 1 saturated heterocycles. The Morgan fingerprint density at radius 2 is 2.10 bits per heavy atom. The highest BCUT2D eigenvalue weighted by Gasteiger charge is 2.44. The summed E-state index contributed by atoms with van der Waals surface area (Å²) in [4.78, 5) is 12.1. The van der Waals surface area contributed by atoms with Gasteiger partial charge >= 0.3 is 6.09 Å². The summed E-state index contributed by atoms with van der Waals surface area (Å²) in [6.07, 6.45) is -0.422. The molecular formula is C15H19Br2NO3. The van der Waals surface area contributed by atoms with Crippen LogP contribution in [0.5, 0.6) is 0 Å². The molecular weight excluding hydrogens is 402 g/mol. The van der Waals surface area contributed by atoms with E-state index in [-0.39, 0.29) is 0 Å². The normalized spacial score (nSPS) is 17.0. The van der Waals surface area contributed by atoms with E-state index in [0.29, 0.717) is 18.5 Å². The number of amides is 1. The number of alkyl carbamates (subject to hydrolysis) is 1. The summed E-state index contributed by atoms with van der Waals surface area (Å²) in [5.74, 6) is 0. The summed E-state index contributed by atoms with van der Waals surface area (Å²) in [6.45, 7) is 6.45. The Labute approximate surface area is 141 Å². The Bertz CT molecular complexity index is 536. The summed E-state index contributed by atoms with van der Waals surface area (Å²) in [5.41, 5.74) is 1.14. The van der Waals surface area contributed by atoms with Crippen molar-refractivity contribution in [2.45, 2.75) is 37.2 Å². The second-order valence-corrected chi connectivity index (χ2v) is 7.61. The van der Waals surface area contributed by atoms with Gasteiger partial charge in [-0.1, -0.05) is 37.9 Å². The number of alkyl halides is 1. The highest BCUT2D eigenvalue weighted by atomic mass is 79.9. The van der Waals surface area contributed by atoms with Crippen LogP contribution in [0.4, 0.5) is 4.79 Å². The van der Waals surface area contributed by atoms with E-state index in [1.165, 1.54) is 0 Å². The molecule has 1 heterocycles. The Balaban J connectivity index is 2.24. The second kappa shape index (κ2) is 6.26. The van der Waals surface area contributed by atoms with E-state index in [0.717, 1.165) is 15.6 Å². The third-order valence-corrected chi connectivity index (χ3v) is 4.26. The van der Waals surface area contributed by atoms with Crippen LogP contribution in [0, 0.1) is 0 Å². The lowest BCUT2D eigenvalue weighted by atomic mass is 9.85. The largest absolute Gasteiger partial charge is 0.444 e. The first-order valence-electron chi connectivity index (χ1n) is 6.69. The average molecular weight is 421 g/mol. The van der Waals surface area contributed by atoms with E-state index in [9.17, 15) is 4.79 Å². The number of hydrogen-bond acceptors (Lipinski definition) is 3. The van der Waals surface area contributed by atoms with Gasteiger partial charge in [0, 0.05) is 9.80 Å². The van der Waals surface area contributed by atoms with Crippen molar-refractivity contribution in [2.24, 2.45) is 0 Å². The van der Waals surface area contributed by atoms with Gasteiger partial charge in [-0.25, -0.2) is 4.79 Å². The van der Waals surface area contributed by atoms with Crippen LogP contribution in [0.15, 0.2) is 22.7 Å². The minimum atomic E-state index is -0.520. The molecule has 0 aliphatic carbocycles. The minimum absolute atomic E-state index is 0.422. The van der Waals surface area contributed by atoms with Gasteiger partial charge < -0.3 is 14.8 Å². The van der Waals surface area contributed by atoms with Crippen LogP contribution in [0.1, 0.15) is 31.9 Å². The van der Waals surface area contributed by atoms with E-state index in [1.807, 2.05) is 39.0 Å². The molecule has 1 amide bonds. The summed E-state index contributed by atoms with van der Waals surface area (Å²) in [5, 5.41) is 3.68. The Morgan fingerprint density at radius 3 is 2.57 bits per heavy atom. The number of nitrogens with one attached hydrogen (secondary N) is 1. The predicted octanol–water partition coefficient (Wildman–Crippen LogP) is 4.09. The van der Waals surface area contributed by atoms with E-state index < -0.39 is 17.2 Å². The predicted molar refractivity (Wildman–Crippen MR) is 88.6 cm³/mol. The second-order valence-electron chi connectivity index (χ2n) is 6.14. The maximum Gasteiger partial charge on any atom is 0.408 e. The fourth-order valence-corrected chi connectivity index (χ4v) is 3.11. The highest BCUT2D eigenvalue weighted by molar-refractivity contribution is 9.10. The minimum Gasteiger partial charge on any atom is -0.444 e.